The van der Waals surface area contributed by atoms with Crippen molar-refractivity contribution in [3.05, 3.63) is 42.0 Å². The topological polar surface area (TPSA) is 0 Å². The first-order chi connectivity index (χ1) is 5.77. The van der Waals surface area contributed by atoms with Crippen LogP contribution in [0.4, 0.5) is 0 Å². The van der Waals surface area contributed by atoms with Crippen molar-refractivity contribution in [2.75, 3.05) is 0 Å². The molecule has 3 heteroatoms. The Hall–Kier alpha value is -0.170. The SMILES string of the molecule is C=Cc1ccc(C(=S)SP)cc1. The quantitative estimate of drug-likeness (QED) is 0.543. The lowest BCUT2D eigenvalue weighted by atomic mass is 10.1. The van der Waals surface area contributed by atoms with Crippen molar-refractivity contribution in [3.8, 4) is 0 Å². The fourth-order valence-electron chi connectivity index (χ4n) is 0.823. The molecule has 0 nitrogen and oxygen atoms in total. The summed E-state index contributed by atoms with van der Waals surface area (Å²) in [7, 11) is 2.55. The Morgan fingerprint density at radius 2 is 2.00 bits per heavy atom. The van der Waals surface area contributed by atoms with Crippen molar-refractivity contribution in [1.29, 1.82) is 0 Å². The van der Waals surface area contributed by atoms with Gasteiger partial charge < -0.3 is 0 Å². The van der Waals surface area contributed by atoms with Gasteiger partial charge >= 0.3 is 0 Å². The molecule has 0 aliphatic rings. The number of hydrogen-bond acceptors (Lipinski definition) is 2. The fourth-order valence-corrected chi connectivity index (χ4v) is 1.64. The Balaban J connectivity index is 2.91. The van der Waals surface area contributed by atoms with Gasteiger partial charge in [0.05, 0.1) is 4.20 Å². The molecule has 0 N–H and O–H groups in total. The fraction of sp³-hybridized carbons (Fsp3) is 0. The monoisotopic (exact) mass is 212 g/mol. The van der Waals surface area contributed by atoms with Gasteiger partial charge in [0.25, 0.3) is 0 Å². The van der Waals surface area contributed by atoms with E-state index in [2.05, 4.69) is 15.0 Å². The van der Waals surface area contributed by atoms with Gasteiger partial charge in [0, 0.05) is 0 Å². The molecule has 0 radical (unpaired) electrons. The number of thiocarbonyl (C=S) groups is 1. The molecule has 0 saturated heterocycles. The maximum atomic E-state index is 5.12. The predicted molar refractivity (Wildman–Crippen MR) is 65.5 cm³/mol. The lowest BCUT2D eigenvalue weighted by molar-refractivity contribution is 1.64. The molecule has 0 aliphatic heterocycles. The van der Waals surface area contributed by atoms with Crippen LogP contribution in [0.1, 0.15) is 11.1 Å². The van der Waals surface area contributed by atoms with Gasteiger partial charge in [-0.1, -0.05) is 69.0 Å². The summed E-state index contributed by atoms with van der Waals surface area (Å²) in [4.78, 5) is 0. The van der Waals surface area contributed by atoms with E-state index < -0.39 is 0 Å². The molecule has 62 valence electrons. The van der Waals surface area contributed by atoms with Crippen LogP contribution in [0, 0.1) is 0 Å². The molecule has 0 spiro atoms. The van der Waals surface area contributed by atoms with Crippen LogP contribution in [0.15, 0.2) is 30.8 Å². The second-order valence-electron chi connectivity index (χ2n) is 2.23. The zero-order chi connectivity index (χ0) is 8.97. The molecule has 1 rings (SSSR count). The zero-order valence-corrected chi connectivity index (χ0v) is 9.28. The molecule has 12 heavy (non-hydrogen) atoms. The number of hydrogen-bond donors (Lipinski definition) is 0. The van der Waals surface area contributed by atoms with Gasteiger partial charge in [-0.05, 0) is 11.1 Å². The van der Waals surface area contributed by atoms with Crippen LogP contribution in [-0.2, 0) is 0 Å². The molecule has 0 bridgehead atoms. The minimum absolute atomic E-state index is 0.899. The molecular weight excluding hydrogens is 203 g/mol. The van der Waals surface area contributed by atoms with E-state index in [0.717, 1.165) is 15.3 Å². The highest BCUT2D eigenvalue weighted by Crippen LogP contribution is 2.20. The van der Waals surface area contributed by atoms with E-state index in [9.17, 15) is 0 Å². The maximum Gasteiger partial charge on any atom is 0.0815 e. The smallest absolute Gasteiger partial charge is 0.0815 e. The van der Waals surface area contributed by atoms with Crippen LogP contribution in [0.2, 0.25) is 0 Å². The molecule has 0 heterocycles. The molecule has 0 aromatic heterocycles. The van der Waals surface area contributed by atoms with Gasteiger partial charge in [0.15, 0.2) is 0 Å². The molecule has 1 aromatic carbocycles. The van der Waals surface area contributed by atoms with Gasteiger partial charge in [-0.25, -0.2) is 0 Å². The summed E-state index contributed by atoms with van der Waals surface area (Å²) >= 11 is 6.63. The van der Waals surface area contributed by atoms with E-state index in [1.54, 1.807) is 0 Å². The van der Waals surface area contributed by atoms with E-state index in [-0.39, 0.29) is 0 Å². The third-order valence-corrected chi connectivity index (χ3v) is 3.68. The second kappa shape index (κ2) is 4.76. The van der Waals surface area contributed by atoms with Crippen molar-refractivity contribution in [3.63, 3.8) is 0 Å². The largest absolute Gasteiger partial charge is 0.0985 e. The van der Waals surface area contributed by atoms with Gasteiger partial charge in [-0.2, -0.15) is 0 Å². The molecule has 1 aromatic rings. The summed E-state index contributed by atoms with van der Waals surface area (Å²) in [5.41, 5.74) is 2.21. The van der Waals surface area contributed by atoms with Crippen molar-refractivity contribution in [2.24, 2.45) is 0 Å². The van der Waals surface area contributed by atoms with E-state index >= 15 is 0 Å². The number of benzene rings is 1. The Labute approximate surface area is 84.4 Å². The van der Waals surface area contributed by atoms with E-state index in [1.165, 1.54) is 11.4 Å². The molecule has 1 atom stereocenters. The first-order valence-electron chi connectivity index (χ1n) is 3.41. The van der Waals surface area contributed by atoms with Gasteiger partial charge in [0.1, 0.15) is 0 Å². The third kappa shape index (κ3) is 2.41. The van der Waals surface area contributed by atoms with Gasteiger partial charge in [0.2, 0.25) is 0 Å². The van der Waals surface area contributed by atoms with E-state index in [0.29, 0.717) is 0 Å². The average Bonchev–Trinajstić information content (AvgIpc) is 2.17. The molecular formula is C9H9PS2. The Bertz CT molecular complexity index is 290. The van der Waals surface area contributed by atoms with Crippen molar-refractivity contribution < 1.29 is 0 Å². The summed E-state index contributed by atoms with van der Waals surface area (Å²) in [6, 6.07) is 8.04. The van der Waals surface area contributed by atoms with Crippen LogP contribution in [-0.4, -0.2) is 4.20 Å². The second-order valence-corrected chi connectivity index (χ2v) is 4.25. The van der Waals surface area contributed by atoms with Crippen LogP contribution in [0.5, 0.6) is 0 Å². The van der Waals surface area contributed by atoms with Crippen LogP contribution >= 0.6 is 32.0 Å². The molecule has 0 aliphatic carbocycles. The lowest BCUT2D eigenvalue weighted by Crippen LogP contribution is -1.87. The van der Waals surface area contributed by atoms with Crippen LogP contribution in [0.25, 0.3) is 6.08 Å². The summed E-state index contributed by atoms with van der Waals surface area (Å²) in [6.07, 6.45) is 1.82. The Morgan fingerprint density at radius 1 is 1.42 bits per heavy atom. The highest BCUT2D eigenvalue weighted by Gasteiger charge is 1.97. The molecule has 1 unspecified atom stereocenters. The normalized spacial score (nSPS) is 9.42. The van der Waals surface area contributed by atoms with Crippen LogP contribution < -0.4 is 0 Å². The summed E-state index contributed by atoms with van der Waals surface area (Å²) < 4.78 is 0.899. The molecule has 0 amide bonds. The molecule has 0 saturated carbocycles. The summed E-state index contributed by atoms with van der Waals surface area (Å²) in [6.45, 7) is 3.68. The average molecular weight is 212 g/mol. The van der Waals surface area contributed by atoms with Crippen molar-refractivity contribution in [2.45, 2.75) is 0 Å². The zero-order valence-electron chi connectivity index (χ0n) is 6.49. The van der Waals surface area contributed by atoms with Crippen molar-refractivity contribution in [1.82, 2.24) is 0 Å². The highest BCUT2D eigenvalue weighted by atomic mass is 32.7. The first kappa shape index (κ1) is 9.91. The van der Waals surface area contributed by atoms with Crippen LogP contribution in [0.3, 0.4) is 0 Å². The molecule has 0 fully saturated rings. The maximum absolute atomic E-state index is 5.12. The Morgan fingerprint density at radius 3 is 2.42 bits per heavy atom. The minimum Gasteiger partial charge on any atom is -0.0985 e. The van der Waals surface area contributed by atoms with E-state index in [1.807, 2.05) is 30.3 Å². The summed E-state index contributed by atoms with van der Waals surface area (Å²) in [5, 5.41) is 0. The lowest BCUT2D eigenvalue weighted by Gasteiger charge is -1.99. The summed E-state index contributed by atoms with van der Waals surface area (Å²) in [5.74, 6) is 0. The first-order valence-corrected chi connectivity index (χ1v) is 6.11. The number of rotatable bonds is 2. The van der Waals surface area contributed by atoms with E-state index in [4.69, 9.17) is 12.2 Å². The van der Waals surface area contributed by atoms with Crippen molar-refractivity contribution >= 4 is 42.3 Å². The van der Waals surface area contributed by atoms with Gasteiger partial charge in [-0.15, -0.1) is 0 Å². The van der Waals surface area contributed by atoms with Gasteiger partial charge in [-0.3, -0.25) is 0 Å². The predicted octanol–water partition coefficient (Wildman–Crippen LogP) is 3.53. The Kier molecular flexibility index (Phi) is 3.93. The standard InChI is InChI=1S/C9H9PS2/c1-2-7-3-5-8(6-4-7)9(11)12-10/h2-6H,1,10H2. The highest BCUT2D eigenvalue weighted by molar-refractivity contribution is 8.56. The minimum atomic E-state index is 0.899. The third-order valence-electron chi connectivity index (χ3n) is 1.49.